The van der Waals surface area contributed by atoms with Gasteiger partial charge in [-0.15, -0.1) is 0 Å². The van der Waals surface area contributed by atoms with Crippen LogP contribution in [0.1, 0.15) is 45.1 Å². The molecule has 0 aromatic heterocycles. The van der Waals surface area contributed by atoms with Crippen LogP contribution in [0, 0.1) is 5.92 Å². The van der Waals surface area contributed by atoms with Gasteiger partial charge in [0.05, 0.1) is 0 Å². The van der Waals surface area contributed by atoms with Crippen molar-refractivity contribution in [2.24, 2.45) is 5.92 Å². The van der Waals surface area contributed by atoms with Crippen molar-refractivity contribution in [3.63, 3.8) is 0 Å². The molecule has 0 radical (unpaired) electrons. The Hall–Kier alpha value is -1.57. The lowest BCUT2D eigenvalue weighted by Crippen LogP contribution is -2.19. The molecular formula is C18H24O9S3. The number of hydrogen-bond donors (Lipinski definition) is 3. The Kier molecular flexibility index (Phi) is 7.32. The molecule has 30 heavy (non-hydrogen) atoms. The number of fused-ring (bicyclic) bond motifs is 1. The van der Waals surface area contributed by atoms with Crippen molar-refractivity contribution >= 4 is 41.1 Å². The molecule has 0 heterocycles. The van der Waals surface area contributed by atoms with Gasteiger partial charge in [0.2, 0.25) is 0 Å². The van der Waals surface area contributed by atoms with Gasteiger partial charge in [0, 0.05) is 5.39 Å². The summed E-state index contributed by atoms with van der Waals surface area (Å²) in [5.41, 5.74) is -0.129. The lowest BCUT2D eigenvalue weighted by Gasteiger charge is -2.21. The van der Waals surface area contributed by atoms with Crippen molar-refractivity contribution in [2.45, 2.75) is 60.6 Å². The Morgan fingerprint density at radius 2 is 1.27 bits per heavy atom. The van der Waals surface area contributed by atoms with Gasteiger partial charge in [0.1, 0.15) is 14.7 Å². The molecule has 0 saturated carbocycles. The molecule has 0 aliphatic carbocycles. The molecule has 0 spiro atoms. The molecule has 2 aromatic carbocycles. The van der Waals surface area contributed by atoms with Crippen LogP contribution in [-0.2, 0) is 36.8 Å². The molecule has 12 heteroatoms. The van der Waals surface area contributed by atoms with Crippen LogP contribution < -0.4 is 0 Å². The maximum atomic E-state index is 12.2. The van der Waals surface area contributed by atoms with E-state index in [1.807, 2.05) is 13.8 Å². The van der Waals surface area contributed by atoms with E-state index in [1.165, 1.54) is 24.3 Å². The van der Waals surface area contributed by atoms with Gasteiger partial charge in [-0.1, -0.05) is 63.8 Å². The minimum absolute atomic E-state index is 0.0143. The van der Waals surface area contributed by atoms with E-state index in [0.717, 1.165) is 12.8 Å². The van der Waals surface area contributed by atoms with E-state index in [1.54, 1.807) is 0 Å². The SMILES string of the molecule is CCCCC(CC)Cc1c(S(=O)(=O)O)c(S(=O)(=O)O)c(S(=O)(=O)O)c2ccccc12. The normalized spacial score (nSPS) is 14.2. The van der Waals surface area contributed by atoms with Gasteiger partial charge < -0.3 is 0 Å². The Morgan fingerprint density at radius 1 is 0.767 bits per heavy atom. The quantitative estimate of drug-likeness (QED) is 0.457. The van der Waals surface area contributed by atoms with Gasteiger partial charge in [0.25, 0.3) is 30.4 Å². The van der Waals surface area contributed by atoms with E-state index in [0.29, 0.717) is 12.8 Å². The molecule has 168 valence electrons. The summed E-state index contributed by atoms with van der Waals surface area (Å²) < 4.78 is 102. The van der Waals surface area contributed by atoms with Gasteiger partial charge >= 0.3 is 0 Å². The Bertz CT molecular complexity index is 1260. The molecule has 0 fully saturated rings. The molecule has 0 amide bonds. The smallest absolute Gasteiger partial charge is 0.282 e. The van der Waals surface area contributed by atoms with Gasteiger partial charge in [-0.05, 0) is 23.3 Å². The Morgan fingerprint density at radius 3 is 1.70 bits per heavy atom. The lowest BCUT2D eigenvalue weighted by molar-refractivity contribution is 0.437. The second-order valence-electron chi connectivity index (χ2n) is 7.06. The molecule has 0 bridgehead atoms. The predicted molar refractivity (Wildman–Crippen MR) is 110 cm³/mol. The van der Waals surface area contributed by atoms with E-state index in [4.69, 9.17) is 0 Å². The highest BCUT2D eigenvalue weighted by Crippen LogP contribution is 2.40. The highest BCUT2D eigenvalue weighted by Gasteiger charge is 2.37. The molecule has 1 unspecified atom stereocenters. The predicted octanol–water partition coefficient (Wildman–Crippen LogP) is 3.34. The molecule has 9 nitrogen and oxygen atoms in total. The number of rotatable bonds is 9. The summed E-state index contributed by atoms with van der Waals surface area (Å²) in [7, 11) is -16.1. The maximum Gasteiger partial charge on any atom is 0.297 e. The molecule has 0 aliphatic rings. The van der Waals surface area contributed by atoms with E-state index < -0.39 is 45.0 Å². The summed E-state index contributed by atoms with van der Waals surface area (Å²) in [4.78, 5) is -4.07. The molecule has 3 N–H and O–H groups in total. The number of benzene rings is 2. The summed E-state index contributed by atoms with van der Waals surface area (Å²) in [5, 5.41) is -0.236. The third kappa shape index (κ3) is 5.18. The molecule has 0 saturated heterocycles. The molecule has 0 aliphatic heterocycles. The van der Waals surface area contributed by atoms with Gasteiger partial charge in [-0.3, -0.25) is 13.7 Å². The van der Waals surface area contributed by atoms with Crippen molar-refractivity contribution < 1.29 is 38.9 Å². The average Bonchev–Trinajstić information content (AvgIpc) is 2.61. The average molecular weight is 481 g/mol. The van der Waals surface area contributed by atoms with Crippen LogP contribution in [0.15, 0.2) is 39.0 Å². The van der Waals surface area contributed by atoms with E-state index >= 15 is 0 Å². The second kappa shape index (κ2) is 8.89. The van der Waals surface area contributed by atoms with Gasteiger partial charge in [0.15, 0.2) is 0 Å². The number of hydrogen-bond acceptors (Lipinski definition) is 6. The van der Waals surface area contributed by atoms with E-state index in [2.05, 4.69) is 0 Å². The summed E-state index contributed by atoms with van der Waals surface area (Å²) in [6.07, 6.45) is 3.01. The fourth-order valence-electron chi connectivity index (χ4n) is 3.63. The number of unbranched alkanes of at least 4 members (excludes halogenated alkanes) is 1. The Labute approximate surface area is 176 Å². The largest absolute Gasteiger partial charge is 0.297 e. The fraction of sp³-hybridized carbons (Fsp3) is 0.444. The van der Waals surface area contributed by atoms with Crippen LogP contribution in [0.2, 0.25) is 0 Å². The first-order chi connectivity index (χ1) is 13.7. The van der Waals surface area contributed by atoms with Crippen LogP contribution in [0.5, 0.6) is 0 Å². The van der Waals surface area contributed by atoms with Crippen molar-refractivity contribution in [1.29, 1.82) is 0 Å². The van der Waals surface area contributed by atoms with Crippen LogP contribution in [0.4, 0.5) is 0 Å². The van der Waals surface area contributed by atoms with Crippen molar-refractivity contribution in [2.75, 3.05) is 0 Å². The topological polar surface area (TPSA) is 163 Å². The molecule has 2 rings (SSSR count). The monoisotopic (exact) mass is 480 g/mol. The summed E-state index contributed by atoms with van der Waals surface area (Å²) in [5.74, 6) is -0.0975. The first kappa shape index (κ1) is 24.7. The zero-order valence-electron chi connectivity index (χ0n) is 16.4. The van der Waals surface area contributed by atoms with Crippen molar-refractivity contribution in [3.05, 3.63) is 29.8 Å². The molecule has 2 aromatic rings. The summed E-state index contributed by atoms with van der Waals surface area (Å²) in [6.45, 7) is 3.84. The van der Waals surface area contributed by atoms with Crippen LogP contribution in [0.25, 0.3) is 10.8 Å². The fourth-order valence-corrected chi connectivity index (χ4v) is 7.29. The second-order valence-corrected chi connectivity index (χ2v) is 11.1. The van der Waals surface area contributed by atoms with Gasteiger partial charge in [-0.25, -0.2) is 0 Å². The van der Waals surface area contributed by atoms with Crippen LogP contribution in [0.3, 0.4) is 0 Å². The first-order valence-corrected chi connectivity index (χ1v) is 13.6. The lowest BCUT2D eigenvalue weighted by atomic mass is 9.89. The molecule has 1 atom stereocenters. The van der Waals surface area contributed by atoms with Crippen molar-refractivity contribution in [1.82, 2.24) is 0 Å². The zero-order valence-corrected chi connectivity index (χ0v) is 18.9. The maximum absolute atomic E-state index is 12.2. The minimum atomic E-state index is -5.48. The standard InChI is InChI=1S/C18H24O9S3/c1-3-5-8-12(4-2)11-15-13-9-6-7-10-14(13)16(28(19,20)21)18(30(25,26)27)17(15)29(22,23)24/h6-7,9-10,12H,3-5,8,11H2,1-2H3,(H,19,20,21)(H,22,23,24)(H,25,26,27). The van der Waals surface area contributed by atoms with Crippen molar-refractivity contribution in [3.8, 4) is 0 Å². The summed E-state index contributed by atoms with van der Waals surface area (Å²) in [6, 6.07) is 5.41. The van der Waals surface area contributed by atoms with Crippen LogP contribution >= 0.6 is 0 Å². The third-order valence-electron chi connectivity index (χ3n) is 4.99. The first-order valence-electron chi connectivity index (χ1n) is 9.23. The highest BCUT2D eigenvalue weighted by molar-refractivity contribution is 7.90. The summed E-state index contributed by atoms with van der Waals surface area (Å²) >= 11 is 0. The zero-order chi connectivity index (χ0) is 22.9. The minimum Gasteiger partial charge on any atom is -0.282 e. The van der Waals surface area contributed by atoms with E-state index in [9.17, 15) is 38.9 Å². The molecular weight excluding hydrogens is 456 g/mol. The van der Waals surface area contributed by atoms with Crippen LogP contribution in [-0.4, -0.2) is 38.9 Å². The third-order valence-corrected chi connectivity index (χ3v) is 8.08. The van der Waals surface area contributed by atoms with E-state index in [-0.39, 0.29) is 28.7 Å². The van der Waals surface area contributed by atoms with Gasteiger partial charge in [-0.2, -0.15) is 25.3 Å². The Balaban J connectivity index is 3.15. The highest BCUT2D eigenvalue weighted by atomic mass is 32.2.